The number of nitrogens with zero attached hydrogens (tertiary/aromatic N) is 1. The number of nitrogens with one attached hydrogen (secondary N) is 1. The van der Waals surface area contributed by atoms with Gasteiger partial charge in [0.05, 0.1) is 26.4 Å². The summed E-state index contributed by atoms with van der Waals surface area (Å²) < 4.78 is 16.2. The van der Waals surface area contributed by atoms with Gasteiger partial charge in [-0.3, -0.25) is 9.59 Å². The van der Waals surface area contributed by atoms with E-state index in [1.165, 1.54) is 6.26 Å². The molecule has 0 aliphatic carbocycles. The highest BCUT2D eigenvalue weighted by Gasteiger charge is 2.42. The van der Waals surface area contributed by atoms with Crippen molar-refractivity contribution in [2.75, 3.05) is 27.3 Å². The van der Waals surface area contributed by atoms with Crippen LogP contribution in [0.25, 0.3) is 0 Å². The van der Waals surface area contributed by atoms with Gasteiger partial charge in [0.15, 0.2) is 5.76 Å². The molecule has 0 bridgehead atoms. The molecule has 0 radical (unpaired) electrons. The predicted molar refractivity (Wildman–Crippen MR) is 119 cm³/mol. The van der Waals surface area contributed by atoms with Crippen molar-refractivity contribution in [3.05, 3.63) is 83.8 Å². The second-order valence-electron chi connectivity index (χ2n) is 7.71. The van der Waals surface area contributed by atoms with Crippen molar-refractivity contribution in [1.29, 1.82) is 0 Å². The molecule has 4 rings (SSSR count). The molecule has 1 N–H and O–H groups in total. The normalized spacial score (nSPS) is 17.8. The van der Waals surface area contributed by atoms with Gasteiger partial charge < -0.3 is 24.1 Å². The maximum absolute atomic E-state index is 13.2. The van der Waals surface area contributed by atoms with Crippen molar-refractivity contribution in [2.24, 2.45) is 5.92 Å². The molecule has 2 atom stereocenters. The fourth-order valence-electron chi connectivity index (χ4n) is 4.15. The first-order valence-electron chi connectivity index (χ1n) is 10.5. The lowest BCUT2D eigenvalue weighted by atomic mass is 9.87. The SMILES string of the molecule is COc1ccc(C2CN(C(=O)c3ccco3)CC2C(=O)NCc2ccccc2)c(OC)c1. The van der Waals surface area contributed by atoms with E-state index >= 15 is 0 Å². The van der Waals surface area contributed by atoms with Crippen LogP contribution >= 0.6 is 0 Å². The number of hydrogen-bond donors (Lipinski definition) is 1. The van der Waals surface area contributed by atoms with Gasteiger partial charge in [0.2, 0.25) is 5.91 Å². The number of carbonyl (C=O) groups is 2. The summed E-state index contributed by atoms with van der Waals surface area (Å²) in [6, 6.07) is 18.6. The van der Waals surface area contributed by atoms with Gasteiger partial charge in [-0.2, -0.15) is 0 Å². The number of rotatable bonds is 7. The monoisotopic (exact) mass is 434 g/mol. The zero-order valence-electron chi connectivity index (χ0n) is 18.1. The molecule has 1 fully saturated rings. The molecule has 1 aliphatic heterocycles. The second-order valence-corrected chi connectivity index (χ2v) is 7.71. The molecule has 0 saturated carbocycles. The Labute approximate surface area is 186 Å². The molecule has 7 heteroatoms. The van der Waals surface area contributed by atoms with Crippen LogP contribution in [0.15, 0.2) is 71.3 Å². The van der Waals surface area contributed by atoms with E-state index in [4.69, 9.17) is 13.9 Å². The molecule has 7 nitrogen and oxygen atoms in total. The van der Waals surface area contributed by atoms with E-state index in [9.17, 15) is 9.59 Å². The first-order chi connectivity index (χ1) is 15.6. The summed E-state index contributed by atoms with van der Waals surface area (Å²) in [4.78, 5) is 27.8. The number of ether oxygens (including phenoxy) is 2. The van der Waals surface area contributed by atoms with Crippen LogP contribution in [0.5, 0.6) is 11.5 Å². The summed E-state index contributed by atoms with van der Waals surface area (Å²) in [5, 5.41) is 3.03. The summed E-state index contributed by atoms with van der Waals surface area (Å²) >= 11 is 0. The minimum Gasteiger partial charge on any atom is -0.497 e. The Kier molecular flexibility index (Phi) is 6.44. The van der Waals surface area contributed by atoms with E-state index in [-0.39, 0.29) is 23.5 Å². The van der Waals surface area contributed by atoms with Gasteiger partial charge in [0.1, 0.15) is 11.5 Å². The van der Waals surface area contributed by atoms with Crippen LogP contribution in [0.1, 0.15) is 27.6 Å². The maximum Gasteiger partial charge on any atom is 0.289 e. The van der Waals surface area contributed by atoms with Gasteiger partial charge in [-0.15, -0.1) is 0 Å². The third-order valence-electron chi connectivity index (χ3n) is 5.83. The molecule has 2 unspecified atom stereocenters. The molecule has 166 valence electrons. The Morgan fingerprint density at radius 1 is 1.03 bits per heavy atom. The summed E-state index contributed by atoms with van der Waals surface area (Å²) in [5.74, 6) is 0.554. The largest absolute Gasteiger partial charge is 0.497 e. The standard InChI is InChI=1S/C25H26N2O5/c1-30-18-10-11-19(23(13-18)31-2)20-15-27(25(29)22-9-6-12-32-22)16-21(20)24(28)26-14-17-7-4-3-5-8-17/h3-13,20-21H,14-16H2,1-2H3,(H,26,28). The average Bonchev–Trinajstić information content (AvgIpc) is 3.53. The molecule has 32 heavy (non-hydrogen) atoms. The van der Waals surface area contributed by atoms with E-state index in [0.29, 0.717) is 31.1 Å². The molecule has 1 aliphatic rings. The number of benzene rings is 2. The first-order valence-corrected chi connectivity index (χ1v) is 10.5. The third kappa shape index (κ3) is 4.46. The van der Waals surface area contributed by atoms with E-state index in [2.05, 4.69) is 5.32 Å². The molecule has 2 heterocycles. The Hall–Kier alpha value is -3.74. The maximum atomic E-state index is 13.2. The predicted octanol–water partition coefficient (Wildman–Crippen LogP) is 3.47. The fourth-order valence-corrected chi connectivity index (χ4v) is 4.15. The first kappa shape index (κ1) is 21.5. The van der Waals surface area contributed by atoms with Gasteiger partial charge in [0, 0.05) is 37.2 Å². The summed E-state index contributed by atoms with van der Waals surface area (Å²) in [5.41, 5.74) is 1.88. The van der Waals surface area contributed by atoms with Crippen LogP contribution in [-0.4, -0.2) is 44.0 Å². The molecule has 1 aromatic heterocycles. The highest BCUT2D eigenvalue weighted by Crippen LogP contribution is 2.39. The smallest absolute Gasteiger partial charge is 0.289 e. The minimum atomic E-state index is -0.431. The lowest BCUT2D eigenvalue weighted by Gasteiger charge is -2.21. The fraction of sp³-hybridized carbons (Fsp3) is 0.280. The van der Waals surface area contributed by atoms with Crippen LogP contribution in [-0.2, 0) is 11.3 Å². The number of furan rings is 1. The Morgan fingerprint density at radius 2 is 1.84 bits per heavy atom. The highest BCUT2D eigenvalue weighted by atomic mass is 16.5. The third-order valence-corrected chi connectivity index (χ3v) is 5.83. The molecular weight excluding hydrogens is 408 g/mol. The van der Waals surface area contributed by atoms with Crippen LogP contribution in [0.2, 0.25) is 0 Å². The van der Waals surface area contributed by atoms with Crippen molar-refractivity contribution < 1.29 is 23.5 Å². The van der Waals surface area contributed by atoms with Gasteiger partial charge in [-0.25, -0.2) is 0 Å². The molecule has 1 saturated heterocycles. The van der Waals surface area contributed by atoms with Crippen LogP contribution in [0.3, 0.4) is 0 Å². The van der Waals surface area contributed by atoms with E-state index < -0.39 is 5.92 Å². The molecule has 3 aromatic rings. The van der Waals surface area contributed by atoms with Crippen molar-refractivity contribution >= 4 is 11.8 Å². The van der Waals surface area contributed by atoms with Crippen molar-refractivity contribution in [2.45, 2.75) is 12.5 Å². The van der Waals surface area contributed by atoms with E-state index in [1.54, 1.807) is 37.3 Å². The zero-order valence-corrected chi connectivity index (χ0v) is 18.1. The lowest BCUT2D eigenvalue weighted by Crippen LogP contribution is -2.35. The quantitative estimate of drug-likeness (QED) is 0.616. The Morgan fingerprint density at radius 3 is 2.53 bits per heavy atom. The molecule has 0 spiro atoms. The number of likely N-dealkylation sites (tertiary alicyclic amines) is 1. The number of amides is 2. The van der Waals surface area contributed by atoms with Crippen molar-refractivity contribution in [3.8, 4) is 11.5 Å². The highest BCUT2D eigenvalue weighted by molar-refractivity contribution is 5.92. The Bertz CT molecular complexity index is 1070. The lowest BCUT2D eigenvalue weighted by molar-refractivity contribution is -0.125. The summed E-state index contributed by atoms with van der Waals surface area (Å²) in [7, 11) is 3.18. The van der Waals surface area contributed by atoms with Crippen molar-refractivity contribution in [1.82, 2.24) is 10.2 Å². The van der Waals surface area contributed by atoms with Gasteiger partial charge >= 0.3 is 0 Å². The van der Waals surface area contributed by atoms with Gasteiger partial charge in [-0.05, 0) is 23.8 Å². The number of hydrogen-bond acceptors (Lipinski definition) is 5. The van der Waals surface area contributed by atoms with E-state index in [1.807, 2.05) is 42.5 Å². The van der Waals surface area contributed by atoms with Crippen molar-refractivity contribution in [3.63, 3.8) is 0 Å². The summed E-state index contributed by atoms with van der Waals surface area (Å²) in [6.45, 7) is 1.10. The summed E-state index contributed by atoms with van der Waals surface area (Å²) in [6.07, 6.45) is 1.47. The van der Waals surface area contributed by atoms with Gasteiger partial charge in [0.25, 0.3) is 5.91 Å². The minimum absolute atomic E-state index is 0.105. The number of carbonyl (C=O) groups excluding carboxylic acids is 2. The average molecular weight is 434 g/mol. The van der Waals surface area contributed by atoms with Crippen LogP contribution in [0, 0.1) is 5.92 Å². The molecular formula is C25H26N2O5. The van der Waals surface area contributed by atoms with Crippen LogP contribution in [0.4, 0.5) is 0 Å². The topological polar surface area (TPSA) is 81.0 Å². The second kappa shape index (κ2) is 9.60. The zero-order chi connectivity index (χ0) is 22.5. The van der Waals surface area contributed by atoms with Gasteiger partial charge in [-0.1, -0.05) is 36.4 Å². The number of methoxy groups -OCH3 is 2. The van der Waals surface area contributed by atoms with E-state index in [0.717, 1.165) is 11.1 Å². The molecule has 2 amide bonds. The van der Waals surface area contributed by atoms with Crippen LogP contribution < -0.4 is 14.8 Å². The molecule has 2 aromatic carbocycles. The Balaban J connectivity index is 1.60.